The first-order valence-corrected chi connectivity index (χ1v) is 4.04. The maximum atomic E-state index is 12.0. The fourth-order valence-corrected chi connectivity index (χ4v) is 1.10. The van der Waals surface area contributed by atoms with Crippen molar-refractivity contribution >= 4 is 0 Å². The van der Waals surface area contributed by atoms with Gasteiger partial charge in [-0.05, 0) is 6.42 Å². The summed E-state index contributed by atoms with van der Waals surface area (Å²) in [6.07, 6.45) is -5.09. The van der Waals surface area contributed by atoms with Gasteiger partial charge in [-0.2, -0.15) is 13.2 Å². The maximum absolute atomic E-state index is 12.0. The lowest BCUT2D eigenvalue weighted by molar-refractivity contribution is -0.140. The van der Waals surface area contributed by atoms with Gasteiger partial charge in [-0.3, -0.25) is 0 Å². The molecule has 0 aliphatic rings. The number of halogens is 3. The van der Waals surface area contributed by atoms with Crippen LogP contribution in [0.3, 0.4) is 0 Å². The van der Waals surface area contributed by atoms with E-state index in [1.807, 2.05) is 5.10 Å². The van der Waals surface area contributed by atoms with E-state index in [0.29, 0.717) is 0 Å². The maximum Gasteiger partial charge on any atom is 0.434 e. The first-order valence-electron chi connectivity index (χ1n) is 4.04. The minimum atomic E-state index is -4.28. The molecule has 1 aromatic rings. The van der Waals surface area contributed by atoms with Crippen molar-refractivity contribution < 1.29 is 17.6 Å². The molecule has 0 saturated heterocycles. The van der Waals surface area contributed by atoms with Crippen LogP contribution in [0.4, 0.5) is 13.2 Å². The van der Waals surface area contributed by atoms with E-state index in [1.165, 1.54) is 0 Å². The van der Waals surface area contributed by atoms with Gasteiger partial charge in [-0.15, -0.1) is 5.10 Å². The molecule has 0 amide bonds. The number of rotatable bonds is 3. The Bertz CT molecular complexity index is 341. The molecule has 80 valence electrons. The van der Waals surface area contributed by atoms with E-state index in [1.54, 1.807) is 6.92 Å². The number of hydrogen-bond acceptors (Lipinski definition) is 3. The summed E-state index contributed by atoms with van der Waals surface area (Å²) >= 11 is 0. The zero-order valence-corrected chi connectivity index (χ0v) is 7.39. The summed E-state index contributed by atoms with van der Waals surface area (Å²) in [6.45, 7) is 1.57. The molecule has 0 unspecified atom stereocenters. The molecule has 0 spiro atoms. The lowest BCUT2D eigenvalue weighted by Gasteiger charge is -2.12. The Morgan fingerprint density at radius 3 is 2.57 bits per heavy atom. The molecule has 7 heteroatoms. The molecule has 1 N–H and O–H groups in total. The predicted molar refractivity (Wildman–Crippen MR) is 40.8 cm³/mol. The zero-order chi connectivity index (χ0) is 10.8. The molecule has 1 rings (SSSR count). The number of hydrogen-bond donors (Lipinski definition) is 1. The van der Waals surface area contributed by atoms with Crippen LogP contribution >= 0.6 is 0 Å². The summed E-state index contributed by atoms with van der Waals surface area (Å²) in [5.74, 6) is -1.91. The quantitative estimate of drug-likeness (QED) is 0.827. The van der Waals surface area contributed by atoms with Gasteiger partial charge in [0.25, 0.3) is 0 Å². The van der Waals surface area contributed by atoms with Gasteiger partial charge in [0.1, 0.15) is 0 Å². The lowest BCUT2D eigenvalue weighted by Crippen LogP contribution is -2.13. The number of H-pyrrole nitrogens is 1. The molecule has 0 radical (unpaired) electrons. The summed E-state index contributed by atoms with van der Waals surface area (Å²) in [7, 11) is 0. The van der Waals surface area contributed by atoms with Gasteiger partial charge in [0.15, 0.2) is 0 Å². The predicted octanol–water partition coefficient (Wildman–Crippen LogP) is 1.81. The van der Waals surface area contributed by atoms with E-state index in [-0.39, 0.29) is 12.3 Å². The Morgan fingerprint density at radius 1 is 1.57 bits per heavy atom. The normalized spacial score (nSPS) is 14.3. The van der Waals surface area contributed by atoms with Crippen molar-refractivity contribution in [1.82, 2.24) is 10.2 Å². The Kier molecular flexibility index (Phi) is 2.97. The summed E-state index contributed by atoms with van der Waals surface area (Å²) in [5.41, 5.74) is 0. The molecule has 0 aromatic carbocycles. The van der Waals surface area contributed by atoms with Gasteiger partial charge in [-0.25, -0.2) is 9.89 Å². The van der Waals surface area contributed by atoms with Crippen molar-refractivity contribution in [1.29, 1.82) is 0 Å². The number of alkyl halides is 3. The first-order chi connectivity index (χ1) is 6.42. The number of nitrogens with zero attached hydrogens (tertiary/aromatic N) is 1. The first kappa shape index (κ1) is 10.8. The summed E-state index contributed by atoms with van der Waals surface area (Å²) in [4.78, 5) is 10.5. The number of nitrogens with one attached hydrogen (secondary N) is 1. The van der Waals surface area contributed by atoms with E-state index in [2.05, 4.69) is 9.52 Å². The van der Waals surface area contributed by atoms with Crippen LogP contribution in [0.25, 0.3) is 0 Å². The van der Waals surface area contributed by atoms with Crippen LogP contribution in [0.1, 0.15) is 31.6 Å². The number of aromatic nitrogens is 2. The molecular formula is C7H9F3N2O2. The van der Waals surface area contributed by atoms with Crippen LogP contribution in [0, 0.1) is 0 Å². The van der Waals surface area contributed by atoms with Crippen LogP contribution in [0.2, 0.25) is 0 Å². The molecule has 14 heavy (non-hydrogen) atoms. The van der Waals surface area contributed by atoms with E-state index < -0.39 is 24.3 Å². The summed E-state index contributed by atoms with van der Waals surface area (Å²) in [6, 6.07) is 0. The monoisotopic (exact) mass is 210 g/mol. The van der Waals surface area contributed by atoms with Crippen molar-refractivity contribution in [2.24, 2.45) is 0 Å². The Hall–Kier alpha value is -1.27. The second-order valence-electron chi connectivity index (χ2n) is 2.88. The third kappa shape index (κ3) is 2.90. The second kappa shape index (κ2) is 3.85. The Morgan fingerprint density at radius 2 is 2.21 bits per heavy atom. The third-order valence-electron chi connectivity index (χ3n) is 1.77. The van der Waals surface area contributed by atoms with Crippen molar-refractivity contribution in [3.8, 4) is 0 Å². The third-order valence-corrected chi connectivity index (χ3v) is 1.77. The SMILES string of the molecule is CC[C@H](CC(F)(F)F)c1n[nH]c(=O)o1. The van der Waals surface area contributed by atoms with Gasteiger partial charge >= 0.3 is 11.9 Å². The van der Waals surface area contributed by atoms with E-state index in [4.69, 9.17) is 0 Å². The highest BCUT2D eigenvalue weighted by Gasteiger charge is 2.33. The fraction of sp³-hybridized carbons (Fsp3) is 0.714. The molecule has 4 nitrogen and oxygen atoms in total. The smallest absolute Gasteiger partial charge is 0.392 e. The van der Waals surface area contributed by atoms with Gasteiger partial charge in [0, 0.05) is 5.92 Å². The molecule has 0 bridgehead atoms. The molecule has 0 aliphatic carbocycles. The molecule has 0 saturated carbocycles. The number of aromatic amines is 1. The Labute approximate surface area is 77.1 Å². The van der Waals surface area contributed by atoms with Gasteiger partial charge in [0.2, 0.25) is 5.89 Å². The van der Waals surface area contributed by atoms with Crippen molar-refractivity contribution in [2.45, 2.75) is 31.9 Å². The average molecular weight is 210 g/mol. The second-order valence-corrected chi connectivity index (χ2v) is 2.88. The van der Waals surface area contributed by atoms with Crippen molar-refractivity contribution in [2.75, 3.05) is 0 Å². The highest BCUT2D eigenvalue weighted by Crippen LogP contribution is 2.31. The molecule has 0 aliphatic heterocycles. The van der Waals surface area contributed by atoms with Gasteiger partial charge in [-0.1, -0.05) is 6.92 Å². The van der Waals surface area contributed by atoms with E-state index in [0.717, 1.165) is 0 Å². The zero-order valence-electron chi connectivity index (χ0n) is 7.39. The Balaban J connectivity index is 2.77. The van der Waals surface area contributed by atoms with Crippen LogP contribution in [0.5, 0.6) is 0 Å². The molecule has 1 atom stereocenters. The van der Waals surface area contributed by atoms with Crippen molar-refractivity contribution in [3.05, 3.63) is 16.4 Å². The van der Waals surface area contributed by atoms with Crippen LogP contribution in [-0.4, -0.2) is 16.4 Å². The highest BCUT2D eigenvalue weighted by molar-refractivity contribution is 4.88. The average Bonchev–Trinajstić information content (AvgIpc) is 2.46. The summed E-state index contributed by atoms with van der Waals surface area (Å²) in [5, 5.41) is 5.30. The van der Waals surface area contributed by atoms with E-state index in [9.17, 15) is 18.0 Å². The molecule has 1 heterocycles. The minimum Gasteiger partial charge on any atom is -0.392 e. The standard InChI is InChI=1S/C7H9F3N2O2/c1-2-4(3-7(8,9)10)5-11-12-6(13)14-5/h4H,2-3H2,1H3,(H,12,13)/t4-/m1/s1. The lowest BCUT2D eigenvalue weighted by atomic mass is 10.0. The molecular weight excluding hydrogens is 201 g/mol. The van der Waals surface area contributed by atoms with Crippen molar-refractivity contribution in [3.63, 3.8) is 0 Å². The minimum absolute atomic E-state index is 0.185. The summed E-state index contributed by atoms with van der Waals surface area (Å²) < 4.78 is 40.5. The highest BCUT2D eigenvalue weighted by atomic mass is 19.4. The van der Waals surface area contributed by atoms with Crippen LogP contribution in [0.15, 0.2) is 9.21 Å². The van der Waals surface area contributed by atoms with E-state index >= 15 is 0 Å². The molecule has 1 aromatic heterocycles. The topological polar surface area (TPSA) is 58.9 Å². The van der Waals surface area contributed by atoms with Crippen LogP contribution < -0.4 is 5.76 Å². The largest absolute Gasteiger partial charge is 0.434 e. The molecule has 0 fully saturated rings. The fourth-order valence-electron chi connectivity index (χ4n) is 1.10. The van der Waals surface area contributed by atoms with Gasteiger partial charge in [0.05, 0.1) is 6.42 Å². The van der Waals surface area contributed by atoms with Crippen LogP contribution in [-0.2, 0) is 0 Å². The van der Waals surface area contributed by atoms with Gasteiger partial charge < -0.3 is 4.42 Å².